The van der Waals surface area contributed by atoms with Crippen molar-refractivity contribution in [2.45, 2.75) is 13.8 Å². The quantitative estimate of drug-likeness (QED) is 0.732. The van der Waals surface area contributed by atoms with Gasteiger partial charge in [0, 0.05) is 23.2 Å². The van der Waals surface area contributed by atoms with Gasteiger partial charge in [-0.25, -0.2) is 4.39 Å². The largest absolute Gasteiger partial charge is 0.339 e. The summed E-state index contributed by atoms with van der Waals surface area (Å²) >= 11 is 9.33. The summed E-state index contributed by atoms with van der Waals surface area (Å²) in [5.41, 5.74) is 0.661. The van der Waals surface area contributed by atoms with E-state index in [1.165, 1.54) is 18.2 Å². The fourth-order valence-electron chi connectivity index (χ4n) is 2.32. The van der Waals surface area contributed by atoms with E-state index in [-0.39, 0.29) is 16.5 Å². The van der Waals surface area contributed by atoms with E-state index in [1.807, 2.05) is 13.8 Å². The highest BCUT2D eigenvalue weighted by Crippen LogP contribution is 2.23. The third kappa shape index (κ3) is 4.58. The van der Waals surface area contributed by atoms with Crippen molar-refractivity contribution in [3.63, 3.8) is 0 Å². The highest BCUT2D eigenvalue weighted by Gasteiger charge is 2.17. The van der Waals surface area contributed by atoms with Crippen LogP contribution in [0.15, 0.2) is 40.9 Å². The van der Waals surface area contributed by atoms with Crippen LogP contribution < -0.4 is 5.32 Å². The van der Waals surface area contributed by atoms with Gasteiger partial charge in [0.15, 0.2) is 0 Å². The zero-order valence-electron chi connectivity index (χ0n) is 13.8. The zero-order chi connectivity index (χ0) is 18.6. The number of carbonyl (C=O) groups is 2. The number of benzene rings is 2. The van der Waals surface area contributed by atoms with Crippen LogP contribution in [0.2, 0.25) is 5.02 Å². The van der Waals surface area contributed by atoms with E-state index in [4.69, 9.17) is 11.6 Å². The van der Waals surface area contributed by atoms with Crippen LogP contribution in [0.4, 0.5) is 10.1 Å². The van der Waals surface area contributed by atoms with Gasteiger partial charge in [-0.1, -0.05) is 27.5 Å². The Morgan fingerprint density at radius 1 is 1.12 bits per heavy atom. The van der Waals surface area contributed by atoms with Crippen molar-refractivity contribution in [2.24, 2.45) is 0 Å². The van der Waals surface area contributed by atoms with E-state index in [0.717, 1.165) is 0 Å². The Kier molecular flexibility index (Phi) is 6.56. The number of hydrogen-bond donors (Lipinski definition) is 1. The first kappa shape index (κ1) is 19.4. The minimum absolute atomic E-state index is 0.0809. The second-order valence-corrected chi connectivity index (χ2v) is 6.57. The van der Waals surface area contributed by atoms with Crippen LogP contribution in [0.25, 0.3) is 0 Å². The van der Waals surface area contributed by atoms with E-state index < -0.39 is 11.7 Å². The summed E-state index contributed by atoms with van der Waals surface area (Å²) < 4.78 is 14.4. The molecule has 132 valence electrons. The molecule has 0 bridgehead atoms. The molecule has 2 aromatic rings. The monoisotopic (exact) mass is 426 g/mol. The smallest absolute Gasteiger partial charge is 0.258 e. The van der Waals surface area contributed by atoms with Gasteiger partial charge in [-0.05, 0) is 50.2 Å². The maximum absolute atomic E-state index is 13.9. The minimum Gasteiger partial charge on any atom is -0.339 e. The molecule has 0 aliphatic rings. The van der Waals surface area contributed by atoms with Crippen LogP contribution in [0, 0.1) is 5.82 Å². The molecule has 0 atom stereocenters. The molecular formula is C18H17BrClFN2O2. The van der Waals surface area contributed by atoms with Crippen LogP contribution in [-0.4, -0.2) is 29.8 Å². The fourth-order valence-corrected chi connectivity index (χ4v) is 2.91. The minimum atomic E-state index is -0.633. The summed E-state index contributed by atoms with van der Waals surface area (Å²) in [7, 11) is 0. The molecule has 0 spiro atoms. The molecule has 7 heteroatoms. The highest BCUT2D eigenvalue weighted by atomic mass is 79.9. The summed E-state index contributed by atoms with van der Waals surface area (Å²) in [4.78, 5) is 26.2. The van der Waals surface area contributed by atoms with Gasteiger partial charge < -0.3 is 10.2 Å². The Hall–Kier alpha value is -1.92. The second kappa shape index (κ2) is 8.45. The molecule has 4 nitrogen and oxygen atoms in total. The summed E-state index contributed by atoms with van der Waals surface area (Å²) in [5, 5.41) is 2.81. The number of carbonyl (C=O) groups excluding carboxylic acids is 2. The number of rotatable bonds is 5. The number of anilines is 1. The van der Waals surface area contributed by atoms with E-state index in [2.05, 4.69) is 21.2 Å². The summed E-state index contributed by atoms with van der Waals surface area (Å²) in [6, 6.07) is 8.78. The maximum Gasteiger partial charge on any atom is 0.258 e. The maximum atomic E-state index is 13.9. The SMILES string of the molecule is CCN(CC)C(=O)c1ccc(NC(=O)c2ccc(Br)cc2F)cc1Cl. The van der Waals surface area contributed by atoms with Gasteiger partial charge in [-0.3, -0.25) is 9.59 Å². The topological polar surface area (TPSA) is 49.4 Å². The molecule has 0 radical (unpaired) electrons. The second-order valence-electron chi connectivity index (χ2n) is 5.25. The Balaban J connectivity index is 2.20. The van der Waals surface area contributed by atoms with Crippen molar-refractivity contribution in [3.05, 3.63) is 62.8 Å². The lowest BCUT2D eigenvalue weighted by Gasteiger charge is -2.19. The summed E-state index contributed by atoms with van der Waals surface area (Å²) in [5.74, 6) is -1.40. The molecule has 2 rings (SSSR count). The normalized spacial score (nSPS) is 10.4. The van der Waals surface area contributed by atoms with Gasteiger partial charge in [-0.2, -0.15) is 0 Å². The third-order valence-electron chi connectivity index (χ3n) is 3.68. The molecule has 0 heterocycles. The van der Waals surface area contributed by atoms with Crippen LogP contribution in [0.1, 0.15) is 34.6 Å². The molecule has 0 saturated heterocycles. The van der Waals surface area contributed by atoms with E-state index >= 15 is 0 Å². The predicted molar refractivity (Wildman–Crippen MR) is 101 cm³/mol. The lowest BCUT2D eigenvalue weighted by molar-refractivity contribution is 0.0773. The number of amides is 2. The van der Waals surface area contributed by atoms with Crippen molar-refractivity contribution in [2.75, 3.05) is 18.4 Å². The molecular weight excluding hydrogens is 411 g/mol. The van der Waals surface area contributed by atoms with Crippen LogP contribution >= 0.6 is 27.5 Å². The third-order valence-corrected chi connectivity index (χ3v) is 4.49. The Labute approximate surface area is 159 Å². The van der Waals surface area contributed by atoms with Gasteiger partial charge in [-0.15, -0.1) is 0 Å². The molecule has 0 aliphatic carbocycles. The van der Waals surface area contributed by atoms with Gasteiger partial charge in [0.25, 0.3) is 11.8 Å². The molecule has 0 aliphatic heterocycles. The van der Waals surface area contributed by atoms with Crippen molar-refractivity contribution in [1.29, 1.82) is 0 Å². The number of hydrogen-bond acceptors (Lipinski definition) is 2. The van der Waals surface area contributed by atoms with Crippen molar-refractivity contribution in [1.82, 2.24) is 4.90 Å². The molecule has 2 amide bonds. The number of nitrogens with one attached hydrogen (secondary N) is 1. The van der Waals surface area contributed by atoms with E-state index in [1.54, 1.807) is 23.1 Å². The average molecular weight is 428 g/mol. The summed E-state index contributed by atoms with van der Waals surface area (Å²) in [6.07, 6.45) is 0. The Bertz CT molecular complexity index is 810. The lowest BCUT2D eigenvalue weighted by atomic mass is 10.1. The van der Waals surface area contributed by atoms with Gasteiger partial charge >= 0.3 is 0 Å². The molecule has 25 heavy (non-hydrogen) atoms. The number of nitrogens with zero attached hydrogens (tertiary/aromatic N) is 1. The molecule has 0 fully saturated rings. The fraction of sp³-hybridized carbons (Fsp3) is 0.222. The van der Waals surface area contributed by atoms with Gasteiger partial charge in [0.1, 0.15) is 5.82 Å². The van der Waals surface area contributed by atoms with Crippen LogP contribution in [-0.2, 0) is 0 Å². The standard InChI is InChI=1S/C18H17BrClFN2O2/c1-3-23(4-2)18(25)13-8-6-12(10-15(13)20)22-17(24)14-7-5-11(19)9-16(14)21/h5-10H,3-4H2,1-2H3,(H,22,24). The molecule has 0 unspecified atom stereocenters. The first-order valence-electron chi connectivity index (χ1n) is 7.72. The van der Waals surface area contributed by atoms with Gasteiger partial charge in [0.2, 0.25) is 0 Å². The first-order valence-corrected chi connectivity index (χ1v) is 8.89. The molecule has 2 aromatic carbocycles. The van der Waals surface area contributed by atoms with Gasteiger partial charge in [0.05, 0.1) is 16.1 Å². The highest BCUT2D eigenvalue weighted by molar-refractivity contribution is 9.10. The van der Waals surface area contributed by atoms with Crippen molar-refractivity contribution < 1.29 is 14.0 Å². The number of halogens is 3. The Morgan fingerprint density at radius 3 is 2.32 bits per heavy atom. The Morgan fingerprint density at radius 2 is 1.76 bits per heavy atom. The van der Waals surface area contributed by atoms with E-state index in [0.29, 0.717) is 28.8 Å². The van der Waals surface area contributed by atoms with Crippen molar-refractivity contribution in [3.8, 4) is 0 Å². The van der Waals surface area contributed by atoms with Crippen LogP contribution in [0.5, 0.6) is 0 Å². The van der Waals surface area contributed by atoms with Crippen molar-refractivity contribution >= 4 is 45.0 Å². The molecule has 0 aromatic heterocycles. The predicted octanol–water partition coefficient (Wildman–Crippen LogP) is 4.98. The average Bonchev–Trinajstić information content (AvgIpc) is 2.55. The summed E-state index contributed by atoms with van der Waals surface area (Å²) in [6.45, 7) is 4.92. The lowest BCUT2D eigenvalue weighted by Crippen LogP contribution is -2.30. The molecule has 1 N–H and O–H groups in total. The van der Waals surface area contributed by atoms with Crippen LogP contribution in [0.3, 0.4) is 0 Å². The first-order chi connectivity index (χ1) is 11.9. The zero-order valence-corrected chi connectivity index (χ0v) is 16.1. The van der Waals surface area contributed by atoms with E-state index in [9.17, 15) is 14.0 Å². The molecule has 0 saturated carbocycles.